The van der Waals surface area contributed by atoms with Gasteiger partial charge in [0.1, 0.15) is 11.8 Å². The maximum Gasteiger partial charge on any atom is 0.281 e. The number of nitriles is 1. The van der Waals surface area contributed by atoms with Gasteiger partial charge in [0.15, 0.2) is 0 Å². The van der Waals surface area contributed by atoms with Crippen LogP contribution in [0.25, 0.3) is 0 Å². The van der Waals surface area contributed by atoms with E-state index in [1.807, 2.05) is 0 Å². The monoisotopic (exact) mass is 184 g/mol. The van der Waals surface area contributed by atoms with E-state index in [1.165, 1.54) is 6.07 Å². The number of aliphatic hydroxyl groups excluding tert-OH is 1. The Morgan fingerprint density at radius 1 is 1.62 bits per heavy atom. The van der Waals surface area contributed by atoms with Gasteiger partial charge in [0.05, 0.1) is 12.2 Å². The van der Waals surface area contributed by atoms with Crippen molar-refractivity contribution in [2.45, 2.75) is 13.0 Å². The first-order valence-electron chi connectivity index (χ1n) is 3.47. The molecule has 1 heterocycles. The summed E-state index contributed by atoms with van der Waals surface area (Å²) in [6, 6.07) is 2.93. The predicted molar refractivity (Wildman–Crippen MR) is 39.8 cm³/mol. The second-order valence-electron chi connectivity index (χ2n) is 2.30. The summed E-state index contributed by atoms with van der Waals surface area (Å²) < 4.78 is 24.5. The summed E-state index contributed by atoms with van der Waals surface area (Å²) in [4.78, 5) is 3.37. The molecule has 3 nitrogen and oxygen atoms in total. The third kappa shape index (κ3) is 1.79. The fourth-order valence-corrected chi connectivity index (χ4v) is 0.946. The molecule has 0 saturated heterocycles. The van der Waals surface area contributed by atoms with Gasteiger partial charge in [-0.2, -0.15) is 5.26 Å². The molecule has 0 aliphatic carbocycles. The molecule has 1 aromatic rings. The summed E-state index contributed by atoms with van der Waals surface area (Å²) in [5, 5.41) is 17.3. The molecule has 5 heteroatoms. The van der Waals surface area contributed by atoms with Crippen LogP contribution < -0.4 is 0 Å². The molecule has 0 radical (unpaired) electrons. The van der Waals surface area contributed by atoms with Crippen molar-refractivity contribution in [2.75, 3.05) is 0 Å². The van der Waals surface area contributed by atoms with Crippen molar-refractivity contribution < 1.29 is 13.9 Å². The Bertz CT molecular complexity index is 346. The van der Waals surface area contributed by atoms with Gasteiger partial charge < -0.3 is 5.11 Å². The number of nitrogens with zero attached hydrogens (tertiary/aromatic N) is 2. The molecule has 13 heavy (non-hydrogen) atoms. The van der Waals surface area contributed by atoms with Gasteiger partial charge in [0.25, 0.3) is 6.43 Å². The molecule has 0 aliphatic heterocycles. The van der Waals surface area contributed by atoms with Gasteiger partial charge in [-0.1, -0.05) is 0 Å². The molecule has 0 aromatic carbocycles. The standard InChI is InChI=1S/C8H6F2N2O/c9-8(10)7-6(3-11)5(4-13)1-2-12-7/h1-2,8,13H,4H2. The van der Waals surface area contributed by atoms with Crippen molar-refractivity contribution in [3.63, 3.8) is 0 Å². The van der Waals surface area contributed by atoms with E-state index >= 15 is 0 Å². The van der Waals surface area contributed by atoms with Crippen LogP contribution in [-0.2, 0) is 6.61 Å². The topological polar surface area (TPSA) is 56.9 Å². The highest BCUT2D eigenvalue weighted by Crippen LogP contribution is 2.22. The average molecular weight is 184 g/mol. The number of halogens is 2. The van der Waals surface area contributed by atoms with Crippen LogP contribution in [0.5, 0.6) is 0 Å². The molecule has 0 amide bonds. The van der Waals surface area contributed by atoms with Gasteiger partial charge in [-0.3, -0.25) is 4.98 Å². The summed E-state index contributed by atoms with van der Waals surface area (Å²) in [5.74, 6) is 0. The number of hydrogen-bond donors (Lipinski definition) is 1. The molecule has 1 rings (SSSR count). The Kier molecular flexibility index (Phi) is 2.88. The van der Waals surface area contributed by atoms with E-state index in [9.17, 15) is 8.78 Å². The van der Waals surface area contributed by atoms with Gasteiger partial charge in [0.2, 0.25) is 0 Å². The molecule has 0 spiro atoms. The Morgan fingerprint density at radius 2 is 2.31 bits per heavy atom. The molecule has 1 N–H and O–H groups in total. The van der Waals surface area contributed by atoms with Gasteiger partial charge in [0, 0.05) is 6.20 Å². The first kappa shape index (κ1) is 9.55. The SMILES string of the molecule is N#Cc1c(CO)ccnc1C(F)F. The molecule has 0 atom stereocenters. The minimum atomic E-state index is -2.79. The third-order valence-electron chi connectivity index (χ3n) is 1.56. The van der Waals surface area contributed by atoms with Crippen LogP contribution in [0.3, 0.4) is 0 Å². The lowest BCUT2D eigenvalue weighted by atomic mass is 10.1. The summed E-state index contributed by atoms with van der Waals surface area (Å²) >= 11 is 0. The second-order valence-corrected chi connectivity index (χ2v) is 2.30. The molecule has 0 saturated carbocycles. The van der Waals surface area contributed by atoms with Crippen LogP contribution in [0.1, 0.15) is 23.2 Å². The minimum Gasteiger partial charge on any atom is -0.392 e. The number of aliphatic hydroxyl groups is 1. The van der Waals surface area contributed by atoms with Crippen molar-refractivity contribution in [1.82, 2.24) is 4.98 Å². The van der Waals surface area contributed by atoms with E-state index in [1.54, 1.807) is 6.07 Å². The van der Waals surface area contributed by atoms with Crippen LogP contribution in [0.4, 0.5) is 8.78 Å². The number of hydrogen-bond acceptors (Lipinski definition) is 3. The highest BCUT2D eigenvalue weighted by Gasteiger charge is 2.16. The lowest BCUT2D eigenvalue weighted by Gasteiger charge is -2.04. The van der Waals surface area contributed by atoms with Gasteiger partial charge >= 0.3 is 0 Å². The summed E-state index contributed by atoms with van der Waals surface area (Å²) in [6.07, 6.45) is -1.64. The molecular formula is C8H6F2N2O. The molecule has 0 aliphatic rings. The molecule has 0 bridgehead atoms. The van der Waals surface area contributed by atoms with Crippen LogP contribution in [0.15, 0.2) is 12.3 Å². The van der Waals surface area contributed by atoms with E-state index in [4.69, 9.17) is 10.4 Å². The lowest BCUT2D eigenvalue weighted by molar-refractivity contribution is 0.145. The van der Waals surface area contributed by atoms with Gasteiger partial charge in [-0.05, 0) is 11.6 Å². The first-order chi connectivity index (χ1) is 6.20. The zero-order chi connectivity index (χ0) is 9.84. The smallest absolute Gasteiger partial charge is 0.281 e. The number of aromatic nitrogens is 1. The Balaban J connectivity index is 3.29. The average Bonchev–Trinajstić information content (AvgIpc) is 2.16. The second kappa shape index (κ2) is 3.92. The Labute approximate surface area is 73.3 Å². The molecule has 68 valence electrons. The maximum atomic E-state index is 12.2. The third-order valence-corrected chi connectivity index (χ3v) is 1.56. The van der Waals surface area contributed by atoms with Crippen LogP contribution in [-0.4, -0.2) is 10.1 Å². The van der Waals surface area contributed by atoms with Gasteiger partial charge in [-0.15, -0.1) is 0 Å². The van der Waals surface area contributed by atoms with E-state index in [0.717, 1.165) is 6.20 Å². The zero-order valence-corrected chi connectivity index (χ0v) is 6.54. The number of alkyl halides is 2. The van der Waals surface area contributed by atoms with E-state index < -0.39 is 18.7 Å². The Morgan fingerprint density at radius 3 is 2.77 bits per heavy atom. The van der Waals surface area contributed by atoms with E-state index in [0.29, 0.717) is 0 Å². The maximum absolute atomic E-state index is 12.2. The summed E-state index contributed by atoms with van der Waals surface area (Å²) in [7, 11) is 0. The number of pyridine rings is 1. The van der Waals surface area contributed by atoms with Gasteiger partial charge in [-0.25, -0.2) is 8.78 Å². The molecule has 1 aromatic heterocycles. The minimum absolute atomic E-state index is 0.174. The quantitative estimate of drug-likeness (QED) is 0.755. The van der Waals surface area contributed by atoms with Crippen molar-refractivity contribution in [1.29, 1.82) is 5.26 Å². The Hall–Kier alpha value is -1.54. The fraction of sp³-hybridized carbons (Fsp3) is 0.250. The molecule has 0 unspecified atom stereocenters. The van der Waals surface area contributed by atoms with Crippen LogP contribution in [0, 0.1) is 11.3 Å². The summed E-state index contributed by atoms with van der Waals surface area (Å²) in [5.41, 5.74) is -0.637. The van der Waals surface area contributed by atoms with Crippen molar-refractivity contribution in [3.8, 4) is 6.07 Å². The fourth-order valence-electron chi connectivity index (χ4n) is 0.946. The van der Waals surface area contributed by atoms with Crippen LogP contribution >= 0.6 is 0 Å². The predicted octanol–water partition coefficient (Wildman–Crippen LogP) is 1.38. The zero-order valence-electron chi connectivity index (χ0n) is 6.54. The van der Waals surface area contributed by atoms with E-state index in [2.05, 4.69) is 4.98 Å². The number of rotatable bonds is 2. The van der Waals surface area contributed by atoms with Crippen molar-refractivity contribution in [2.24, 2.45) is 0 Å². The normalized spacial score (nSPS) is 10.1. The molecule has 0 fully saturated rings. The van der Waals surface area contributed by atoms with Crippen molar-refractivity contribution in [3.05, 3.63) is 29.1 Å². The lowest BCUT2D eigenvalue weighted by Crippen LogP contribution is -1.99. The van der Waals surface area contributed by atoms with Crippen molar-refractivity contribution >= 4 is 0 Å². The highest BCUT2D eigenvalue weighted by atomic mass is 19.3. The van der Waals surface area contributed by atoms with E-state index in [-0.39, 0.29) is 11.1 Å². The highest BCUT2D eigenvalue weighted by molar-refractivity contribution is 5.40. The summed E-state index contributed by atoms with van der Waals surface area (Å²) in [6.45, 7) is -0.439. The molecular weight excluding hydrogens is 178 g/mol. The first-order valence-corrected chi connectivity index (χ1v) is 3.47. The van der Waals surface area contributed by atoms with Crippen LogP contribution in [0.2, 0.25) is 0 Å². The largest absolute Gasteiger partial charge is 0.392 e.